The topological polar surface area (TPSA) is 38.0 Å². The van der Waals surface area contributed by atoms with Gasteiger partial charge in [-0.3, -0.25) is 11.3 Å². The van der Waals surface area contributed by atoms with E-state index in [1.807, 2.05) is 0 Å². The highest BCUT2D eigenvalue weighted by Crippen LogP contribution is 2.42. The number of nitrogens with two attached hydrogens (primary N) is 1. The van der Waals surface area contributed by atoms with E-state index >= 15 is 0 Å². The first-order chi connectivity index (χ1) is 9.90. The van der Waals surface area contributed by atoms with Crippen molar-refractivity contribution >= 4 is 0 Å². The number of hydrogen-bond acceptors (Lipinski definition) is 2. The standard InChI is InChI=1S/C18H28N2/c19-20-18(15-8-3-1-2-4-9-15)17-13-6-5-12-16(17)14-10-7-11-14/h5-6,12-15,18,20H,1-4,7-11,19H2. The van der Waals surface area contributed by atoms with Crippen LogP contribution >= 0.6 is 0 Å². The molecule has 0 amide bonds. The van der Waals surface area contributed by atoms with Gasteiger partial charge in [0.25, 0.3) is 0 Å². The Hall–Kier alpha value is -0.860. The highest BCUT2D eigenvalue weighted by molar-refractivity contribution is 5.34. The summed E-state index contributed by atoms with van der Waals surface area (Å²) in [4.78, 5) is 0. The monoisotopic (exact) mass is 272 g/mol. The maximum Gasteiger partial charge on any atom is 0.0490 e. The Balaban J connectivity index is 1.84. The Kier molecular flexibility index (Phi) is 4.74. The zero-order chi connectivity index (χ0) is 13.8. The molecule has 0 bridgehead atoms. The van der Waals surface area contributed by atoms with E-state index in [4.69, 9.17) is 5.84 Å². The molecule has 3 rings (SSSR count). The molecule has 2 heteroatoms. The molecule has 0 saturated heterocycles. The molecule has 1 aromatic rings. The van der Waals surface area contributed by atoms with Crippen LogP contribution in [0.25, 0.3) is 0 Å². The van der Waals surface area contributed by atoms with Crippen LogP contribution in [0.4, 0.5) is 0 Å². The van der Waals surface area contributed by atoms with Crippen molar-refractivity contribution in [2.75, 3.05) is 0 Å². The fourth-order valence-electron chi connectivity index (χ4n) is 4.01. The molecule has 2 saturated carbocycles. The summed E-state index contributed by atoms with van der Waals surface area (Å²) in [5, 5.41) is 0. The largest absolute Gasteiger partial charge is 0.271 e. The summed E-state index contributed by atoms with van der Waals surface area (Å²) >= 11 is 0. The van der Waals surface area contributed by atoms with Crippen LogP contribution in [0.1, 0.15) is 80.9 Å². The van der Waals surface area contributed by atoms with Crippen LogP contribution in [0.3, 0.4) is 0 Å². The molecule has 2 fully saturated rings. The van der Waals surface area contributed by atoms with Gasteiger partial charge in [0.05, 0.1) is 0 Å². The van der Waals surface area contributed by atoms with E-state index < -0.39 is 0 Å². The van der Waals surface area contributed by atoms with Gasteiger partial charge in [-0.2, -0.15) is 0 Å². The summed E-state index contributed by atoms with van der Waals surface area (Å²) in [6.07, 6.45) is 12.3. The number of hydrazine groups is 1. The van der Waals surface area contributed by atoms with E-state index in [0.29, 0.717) is 12.0 Å². The van der Waals surface area contributed by atoms with Crippen molar-refractivity contribution in [3.8, 4) is 0 Å². The maximum atomic E-state index is 5.97. The number of hydrogen-bond donors (Lipinski definition) is 2. The van der Waals surface area contributed by atoms with Gasteiger partial charge in [-0.15, -0.1) is 0 Å². The predicted octanol–water partition coefficient (Wildman–Crippen LogP) is 4.43. The number of nitrogens with one attached hydrogen (secondary N) is 1. The zero-order valence-electron chi connectivity index (χ0n) is 12.5. The van der Waals surface area contributed by atoms with Crippen LogP contribution in [-0.4, -0.2) is 0 Å². The molecule has 0 aromatic heterocycles. The molecule has 3 N–H and O–H groups in total. The number of rotatable bonds is 4. The van der Waals surface area contributed by atoms with E-state index in [0.717, 1.165) is 5.92 Å². The van der Waals surface area contributed by atoms with Crippen molar-refractivity contribution in [1.29, 1.82) is 0 Å². The smallest absolute Gasteiger partial charge is 0.0490 e. The lowest BCUT2D eigenvalue weighted by molar-refractivity contribution is 0.322. The Labute approximate surface area is 123 Å². The lowest BCUT2D eigenvalue weighted by Gasteiger charge is -2.33. The lowest BCUT2D eigenvalue weighted by atomic mass is 9.75. The van der Waals surface area contributed by atoms with Gasteiger partial charge in [-0.25, -0.2) is 0 Å². The van der Waals surface area contributed by atoms with Crippen LogP contribution < -0.4 is 11.3 Å². The molecule has 2 nitrogen and oxygen atoms in total. The molecule has 110 valence electrons. The SMILES string of the molecule is NNC(c1ccccc1C1CCC1)C1CCCCCC1. The summed E-state index contributed by atoms with van der Waals surface area (Å²) in [5.41, 5.74) is 6.20. The van der Waals surface area contributed by atoms with Crippen LogP contribution in [0.2, 0.25) is 0 Å². The van der Waals surface area contributed by atoms with E-state index in [2.05, 4.69) is 29.7 Å². The van der Waals surface area contributed by atoms with Gasteiger partial charge in [0, 0.05) is 6.04 Å². The second kappa shape index (κ2) is 6.73. The van der Waals surface area contributed by atoms with Crippen molar-refractivity contribution in [2.45, 2.75) is 69.7 Å². The van der Waals surface area contributed by atoms with Gasteiger partial charge in [0.15, 0.2) is 0 Å². The molecular weight excluding hydrogens is 244 g/mol. The Morgan fingerprint density at radius 3 is 2.20 bits per heavy atom. The highest BCUT2D eigenvalue weighted by Gasteiger charge is 2.28. The van der Waals surface area contributed by atoms with Crippen LogP contribution in [0, 0.1) is 5.92 Å². The van der Waals surface area contributed by atoms with Gasteiger partial charge >= 0.3 is 0 Å². The summed E-state index contributed by atoms with van der Waals surface area (Å²) in [5.74, 6) is 7.46. The van der Waals surface area contributed by atoms with Gasteiger partial charge in [0.2, 0.25) is 0 Å². The van der Waals surface area contributed by atoms with Crippen molar-refractivity contribution in [3.05, 3.63) is 35.4 Å². The molecule has 0 spiro atoms. The van der Waals surface area contributed by atoms with E-state index in [9.17, 15) is 0 Å². The quantitative estimate of drug-likeness (QED) is 0.483. The Morgan fingerprint density at radius 1 is 0.900 bits per heavy atom. The molecule has 2 aliphatic carbocycles. The van der Waals surface area contributed by atoms with Crippen LogP contribution in [0.15, 0.2) is 24.3 Å². The number of benzene rings is 1. The van der Waals surface area contributed by atoms with E-state index in [-0.39, 0.29) is 0 Å². The van der Waals surface area contributed by atoms with Crippen molar-refractivity contribution in [3.63, 3.8) is 0 Å². The zero-order valence-corrected chi connectivity index (χ0v) is 12.5. The lowest BCUT2D eigenvalue weighted by Crippen LogP contribution is -2.34. The molecule has 0 heterocycles. The second-order valence-electron chi connectivity index (χ2n) is 6.65. The van der Waals surface area contributed by atoms with Gasteiger partial charge in [0.1, 0.15) is 0 Å². The highest BCUT2D eigenvalue weighted by atomic mass is 15.2. The average molecular weight is 272 g/mol. The fourth-order valence-corrected chi connectivity index (χ4v) is 4.01. The molecule has 0 aliphatic heterocycles. The molecule has 1 aromatic carbocycles. The normalized spacial score (nSPS) is 23.1. The summed E-state index contributed by atoms with van der Waals surface area (Å²) in [6.45, 7) is 0. The van der Waals surface area contributed by atoms with Crippen molar-refractivity contribution in [1.82, 2.24) is 5.43 Å². The van der Waals surface area contributed by atoms with Crippen molar-refractivity contribution in [2.24, 2.45) is 11.8 Å². The van der Waals surface area contributed by atoms with E-state index in [1.54, 1.807) is 5.56 Å². The predicted molar refractivity (Wildman–Crippen MR) is 84.3 cm³/mol. The first-order valence-corrected chi connectivity index (χ1v) is 8.45. The summed E-state index contributed by atoms with van der Waals surface area (Å²) in [6, 6.07) is 9.37. The Morgan fingerprint density at radius 2 is 1.60 bits per heavy atom. The van der Waals surface area contributed by atoms with Crippen LogP contribution in [-0.2, 0) is 0 Å². The minimum atomic E-state index is 0.352. The minimum Gasteiger partial charge on any atom is -0.271 e. The van der Waals surface area contributed by atoms with Crippen molar-refractivity contribution < 1.29 is 0 Å². The molecule has 0 radical (unpaired) electrons. The maximum absolute atomic E-state index is 5.97. The molecule has 1 atom stereocenters. The van der Waals surface area contributed by atoms with Crippen LogP contribution in [0.5, 0.6) is 0 Å². The molecule has 2 aliphatic rings. The first-order valence-electron chi connectivity index (χ1n) is 8.45. The third kappa shape index (κ3) is 2.91. The molecule has 20 heavy (non-hydrogen) atoms. The summed E-state index contributed by atoms with van der Waals surface area (Å²) < 4.78 is 0. The average Bonchev–Trinajstić information content (AvgIpc) is 2.69. The first kappa shape index (κ1) is 14.1. The Bertz CT molecular complexity index is 417. The van der Waals surface area contributed by atoms with Gasteiger partial charge < -0.3 is 0 Å². The molecule has 1 unspecified atom stereocenters. The third-order valence-electron chi connectivity index (χ3n) is 5.43. The van der Waals surface area contributed by atoms with Gasteiger partial charge in [-0.05, 0) is 48.6 Å². The minimum absolute atomic E-state index is 0.352. The molecular formula is C18H28N2. The van der Waals surface area contributed by atoms with E-state index in [1.165, 1.54) is 63.4 Å². The third-order valence-corrected chi connectivity index (χ3v) is 5.43. The van der Waals surface area contributed by atoms with Gasteiger partial charge in [-0.1, -0.05) is 56.4 Å². The fraction of sp³-hybridized carbons (Fsp3) is 0.667. The summed E-state index contributed by atoms with van der Waals surface area (Å²) in [7, 11) is 0. The second-order valence-corrected chi connectivity index (χ2v) is 6.65.